The molecule has 0 aliphatic heterocycles. The Hall–Kier alpha value is -2.07. The summed E-state index contributed by atoms with van der Waals surface area (Å²) in [5.74, 6) is -1.12. The van der Waals surface area contributed by atoms with E-state index in [0.717, 1.165) is 17.3 Å². The zero-order valence-electron chi connectivity index (χ0n) is 10.9. The van der Waals surface area contributed by atoms with Gasteiger partial charge >= 0.3 is 0 Å². The van der Waals surface area contributed by atoms with E-state index in [1.54, 1.807) is 6.07 Å². The Labute approximate surface area is 121 Å². The van der Waals surface area contributed by atoms with Gasteiger partial charge in [0.05, 0.1) is 10.7 Å². The van der Waals surface area contributed by atoms with E-state index in [9.17, 15) is 9.18 Å². The monoisotopic (exact) mass is 292 g/mol. The van der Waals surface area contributed by atoms with Gasteiger partial charge in [0.25, 0.3) is 0 Å². The fraction of sp³-hybridized carbons (Fsp3) is 0.133. The number of halogens is 2. The van der Waals surface area contributed by atoms with E-state index in [4.69, 9.17) is 17.3 Å². The SMILES string of the molecule is Cc1cccc(Cl)c1NCc1ccc(C(N)=O)cc1F. The van der Waals surface area contributed by atoms with E-state index in [1.807, 2.05) is 19.1 Å². The van der Waals surface area contributed by atoms with Crippen LogP contribution in [0.25, 0.3) is 0 Å². The first-order valence-electron chi connectivity index (χ1n) is 6.06. The molecule has 0 aliphatic carbocycles. The fourth-order valence-corrected chi connectivity index (χ4v) is 2.17. The average molecular weight is 293 g/mol. The normalized spacial score (nSPS) is 10.3. The van der Waals surface area contributed by atoms with Gasteiger partial charge < -0.3 is 11.1 Å². The Morgan fingerprint density at radius 1 is 1.35 bits per heavy atom. The van der Waals surface area contributed by atoms with E-state index in [1.165, 1.54) is 12.1 Å². The number of carbonyl (C=O) groups is 1. The third-order valence-electron chi connectivity index (χ3n) is 3.02. The summed E-state index contributed by atoms with van der Waals surface area (Å²) < 4.78 is 13.8. The highest BCUT2D eigenvalue weighted by atomic mass is 35.5. The molecule has 3 nitrogen and oxygen atoms in total. The lowest BCUT2D eigenvalue weighted by Gasteiger charge is -2.12. The molecule has 0 spiro atoms. The van der Waals surface area contributed by atoms with Crippen LogP contribution >= 0.6 is 11.6 Å². The van der Waals surface area contributed by atoms with Gasteiger partial charge in [-0.1, -0.05) is 29.8 Å². The van der Waals surface area contributed by atoms with Crippen molar-refractivity contribution in [2.24, 2.45) is 5.73 Å². The third kappa shape index (κ3) is 3.08. The van der Waals surface area contributed by atoms with E-state index in [-0.39, 0.29) is 12.1 Å². The molecule has 2 aromatic carbocycles. The minimum absolute atomic E-state index is 0.153. The molecule has 2 aromatic rings. The second kappa shape index (κ2) is 5.92. The Bertz CT molecular complexity index is 638. The molecular weight excluding hydrogens is 279 g/mol. The first kappa shape index (κ1) is 14.3. The number of benzene rings is 2. The van der Waals surface area contributed by atoms with Gasteiger partial charge in [0.2, 0.25) is 5.91 Å². The summed E-state index contributed by atoms with van der Waals surface area (Å²) in [5, 5.41) is 3.68. The number of nitrogens with two attached hydrogens (primary N) is 1. The minimum atomic E-state index is -0.648. The van der Waals surface area contributed by atoms with Crippen LogP contribution < -0.4 is 11.1 Å². The smallest absolute Gasteiger partial charge is 0.248 e. The van der Waals surface area contributed by atoms with Crippen molar-refractivity contribution >= 4 is 23.2 Å². The molecule has 0 saturated carbocycles. The average Bonchev–Trinajstić information content (AvgIpc) is 2.39. The lowest BCUT2D eigenvalue weighted by atomic mass is 10.1. The highest BCUT2D eigenvalue weighted by Crippen LogP contribution is 2.26. The number of hydrogen-bond donors (Lipinski definition) is 2. The topological polar surface area (TPSA) is 55.1 Å². The molecule has 0 atom stereocenters. The van der Waals surface area contributed by atoms with Gasteiger partial charge in [0.1, 0.15) is 5.82 Å². The number of nitrogens with one attached hydrogen (secondary N) is 1. The first-order valence-corrected chi connectivity index (χ1v) is 6.44. The number of hydrogen-bond acceptors (Lipinski definition) is 2. The van der Waals surface area contributed by atoms with Crippen LogP contribution in [0.5, 0.6) is 0 Å². The maximum atomic E-state index is 13.8. The summed E-state index contributed by atoms with van der Waals surface area (Å²) in [7, 11) is 0. The molecular formula is C15H14ClFN2O. The molecule has 0 aromatic heterocycles. The summed E-state index contributed by atoms with van der Waals surface area (Å²) in [6.07, 6.45) is 0. The number of anilines is 1. The number of para-hydroxylation sites is 1. The van der Waals surface area contributed by atoms with Crippen LogP contribution in [0, 0.1) is 12.7 Å². The summed E-state index contributed by atoms with van der Waals surface area (Å²) in [4.78, 5) is 11.0. The first-order chi connectivity index (χ1) is 9.49. The molecule has 20 heavy (non-hydrogen) atoms. The summed E-state index contributed by atoms with van der Waals surface area (Å²) >= 11 is 6.08. The van der Waals surface area contributed by atoms with Gasteiger partial charge in [-0.15, -0.1) is 0 Å². The summed E-state index contributed by atoms with van der Waals surface area (Å²) in [6, 6.07) is 9.71. The predicted molar refractivity (Wildman–Crippen MR) is 78.4 cm³/mol. The third-order valence-corrected chi connectivity index (χ3v) is 3.33. The number of carbonyl (C=O) groups excluding carboxylic acids is 1. The van der Waals surface area contributed by atoms with Gasteiger partial charge in [0.15, 0.2) is 0 Å². The van der Waals surface area contributed by atoms with E-state index in [0.29, 0.717) is 10.6 Å². The fourth-order valence-electron chi connectivity index (χ4n) is 1.88. The lowest BCUT2D eigenvalue weighted by Crippen LogP contribution is -2.12. The van der Waals surface area contributed by atoms with Crippen molar-refractivity contribution < 1.29 is 9.18 Å². The van der Waals surface area contributed by atoms with Crippen LogP contribution in [0.3, 0.4) is 0 Å². The van der Waals surface area contributed by atoms with Gasteiger partial charge in [-0.2, -0.15) is 0 Å². The molecule has 0 aliphatic rings. The maximum absolute atomic E-state index is 13.8. The van der Waals surface area contributed by atoms with Crippen LogP contribution in [0.1, 0.15) is 21.5 Å². The summed E-state index contributed by atoms with van der Waals surface area (Å²) in [5.41, 5.74) is 7.44. The van der Waals surface area contributed by atoms with Crippen molar-refractivity contribution in [1.82, 2.24) is 0 Å². The van der Waals surface area contributed by atoms with Crippen molar-refractivity contribution in [3.63, 3.8) is 0 Å². The van der Waals surface area contributed by atoms with E-state index in [2.05, 4.69) is 5.32 Å². The van der Waals surface area contributed by atoms with E-state index < -0.39 is 11.7 Å². The molecule has 0 radical (unpaired) electrons. The Balaban J connectivity index is 2.17. The number of amides is 1. The molecule has 0 fully saturated rings. The molecule has 1 amide bonds. The highest BCUT2D eigenvalue weighted by Gasteiger charge is 2.08. The number of aryl methyl sites for hydroxylation is 1. The minimum Gasteiger partial charge on any atom is -0.379 e. The predicted octanol–water partition coefficient (Wildman–Crippen LogP) is 3.50. The van der Waals surface area contributed by atoms with E-state index >= 15 is 0 Å². The standard InChI is InChI=1S/C15H14ClFN2O/c1-9-3-2-4-12(16)14(9)19-8-11-6-5-10(15(18)20)7-13(11)17/h2-7,19H,8H2,1H3,(H2,18,20). The van der Waals surface area contributed by atoms with Crippen molar-refractivity contribution in [2.75, 3.05) is 5.32 Å². The number of rotatable bonds is 4. The van der Waals surface area contributed by atoms with Crippen LogP contribution in [0.4, 0.5) is 10.1 Å². The molecule has 3 N–H and O–H groups in total. The second-order valence-electron chi connectivity index (χ2n) is 4.46. The van der Waals surface area contributed by atoms with Crippen molar-refractivity contribution in [3.8, 4) is 0 Å². The molecule has 0 heterocycles. The molecule has 0 unspecified atom stereocenters. The van der Waals surface area contributed by atoms with Gasteiger partial charge in [-0.3, -0.25) is 4.79 Å². The zero-order valence-corrected chi connectivity index (χ0v) is 11.7. The Morgan fingerprint density at radius 3 is 2.70 bits per heavy atom. The Morgan fingerprint density at radius 2 is 2.10 bits per heavy atom. The maximum Gasteiger partial charge on any atom is 0.248 e. The van der Waals surface area contributed by atoms with Crippen LogP contribution in [0.15, 0.2) is 36.4 Å². The van der Waals surface area contributed by atoms with Crippen LogP contribution in [-0.2, 0) is 6.54 Å². The summed E-state index contributed by atoms with van der Waals surface area (Å²) in [6.45, 7) is 2.19. The molecule has 0 bridgehead atoms. The van der Waals surface area contributed by atoms with Crippen LogP contribution in [0.2, 0.25) is 5.02 Å². The molecule has 104 valence electrons. The van der Waals surface area contributed by atoms with Gasteiger partial charge in [-0.05, 0) is 30.7 Å². The van der Waals surface area contributed by atoms with Crippen LogP contribution in [-0.4, -0.2) is 5.91 Å². The van der Waals surface area contributed by atoms with Crippen molar-refractivity contribution in [2.45, 2.75) is 13.5 Å². The van der Waals surface area contributed by atoms with Gasteiger partial charge in [0, 0.05) is 17.7 Å². The molecule has 5 heteroatoms. The largest absolute Gasteiger partial charge is 0.379 e. The highest BCUT2D eigenvalue weighted by molar-refractivity contribution is 6.33. The lowest BCUT2D eigenvalue weighted by molar-refractivity contribution is 0.1000. The molecule has 0 saturated heterocycles. The quantitative estimate of drug-likeness (QED) is 0.906. The second-order valence-corrected chi connectivity index (χ2v) is 4.86. The Kier molecular flexibility index (Phi) is 4.25. The zero-order chi connectivity index (χ0) is 14.7. The molecule has 2 rings (SSSR count). The number of primary amides is 1. The van der Waals surface area contributed by atoms with Gasteiger partial charge in [-0.25, -0.2) is 4.39 Å². The van der Waals surface area contributed by atoms with Crippen molar-refractivity contribution in [1.29, 1.82) is 0 Å². The van der Waals surface area contributed by atoms with Crippen molar-refractivity contribution in [3.05, 3.63) is 63.9 Å².